The van der Waals surface area contributed by atoms with Crippen molar-refractivity contribution in [2.45, 2.75) is 19.6 Å². The number of rotatable bonds is 2. The molecule has 0 aliphatic carbocycles. The minimum Gasteiger partial charge on any atom is -0.419 e. The van der Waals surface area contributed by atoms with Gasteiger partial charge in [0, 0.05) is 31.5 Å². The summed E-state index contributed by atoms with van der Waals surface area (Å²) in [5.74, 6) is -3.16. The van der Waals surface area contributed by atoms with Gasteiger partial charge in [0.25, 0.3) is 11.5 Å². The van der Waals surface area contributed by atoms with E-state index < -0.39 is 28.2 Å². The van der Waals surface area contributed by atoms with Crippen molar-refractivity contribution < 1.29 is 24.0 Å². The summed E-state index contributed by atoms with van der Waals surface area (Å²) >= 11 is 11.8. The first kappa shape index (κ1) is 16.3. The van der Waals surface area contributed by atoms with E-state index in [4.69, 9.17) is 32.7 Å². The van der Waals surface area contributed by atoms with Crippen molar-refractivity contribution in [3.8, 4) is 0 Å². The van der Waals surface area contributed by atoms with E-state index in [-0.39, 0.29) is 21.3 Å². The Bertz CT molecular complexity index is 680. The Hall–Kier alpha value is -2.12. The van der Waals surface area contributed by atoms with Crippen molar-refractivity contribution in [3.63, 3.8) is 0 Å². The zero-order chi connectivity index (χ0) is 16.7. The molecule has 1 aliphatic heterocycles. The molecule has 0 aromatic heterocycles. The SMILES string of the molecule is CC1(C)OC(=O)C(=Cc2c(Cl)cc([N+](=O)[O-])cc2Cl)C(=O)O1. The van der Waals surface area contributed by atoms with Gasteiger partial charge in [0.1, 0.15) is 5.57 Å². The lowest BCUT2D eigenvalue weighted by Gasteiger charge is -2.29. The molecule has 0 N–H and O–H groups in total. The van der Waals surface area contributed by atoms with E-state index in [2.05, 4.69) is 0 Å². The number of nitrogens with zero attached hydrogens (tertiary/aromatic N) is 1. The van der Waals surface area contributed by atoms with Gasteiger partial charge in [0.05, 0.1) is 15.0 Å². The number of carbonyl (C=O) groups is 2. The van der Waals surface area contributed by atoms with Gasteiger partial charge in [-0.1, -0.05) is 23.2 Å². The molecule has 0 bridgehead atoms. The molecule has 0 atom stereocenters. The highest BCUT2D eigenvalue weighted by Crippen LogP contribution is 2.33. The van der Waals surface area contributed by atoms with E-state index in [1.165, 1.54) is 13.8 Å². The molecule has 0 amide bonds. The Morgan fingerprint density at radius 3 is 2.00 bits per heavy atom. The van der Waals surface area contributed by atoms with Gasteiger partial charge in [0.2, 0.25) is 0 Å². The predicted molar refractivity (Wildman–Crippen MR) is 77.4 cm³/mol. The Balaban J connectivity index is 2.48. The highest BCUT2D eigenvalue weighted by molar-refractivity contribution is 6.38. The summed E-state index contributed by atoms with van der Waals surface area (Å²) < 4.78 is 9.85. The first-order chi connectivity index (χ1) is 10.1. The van der Waals surface area contributed by atoms with Crippen LogP contribution in [0.1, 0.15) is 19.4 Å². The van der Waals surface area contributed by atoms with Crippen LogP contribution in [0, 0.1) is 10.1 Å². The molecule has 1 fully saturated rings. The molecule has 0 spiro atoms. The van der Waals surface area contributed by atoms with E-state index in [1.807, 2.05) is 0 Å². The summed E-state index contributed by atoms with van der Waals surface area (Å²) in [5.41, 5.74) is -0.637. The minimum atomic E-state index is -1.37. The maximum absolute atomic E-state index is 11.8. The third-order valence-corrected chi connectivity index (χ3v) is 3.31. The standard InChI is InChI=1S/C13H9Cl2NO6/c1-13(2)21-11(17)8(12(18)22-13)5-7-9(14)3-6(16(19)20)4-10(7)15/h3-5H,1-2H3. The van der Waals surface area contributed by atoms with Crippen LogP contribution in [0.3, 0.4) is 0 Å². The average Bonchev–Trinajstić information content (AvgIpc) is 2.34. The van der Waals surface area contributed by atoms with Crippen LogP contribution in [0.4, 0.5) is 5.69 Å². The lowest BCUT2D eigenvalue weighted by atomic mass is 10.1. The molecule has 0 unspecified atom stereocenters. The number of nitro benzene ring substituents is 1. The van der Waals surface area contributed by atoms with Crippen molar-refractivity contribution in [1.29, 1.82) is 0 Å². The summed E-state index contributed by atoms with van der Waals surface area (Å²) in [7, 11) is 0. The molecule has 1 saturated heterocycles. The van der Waals surface area contributed by atoms with Crippen LogP contribution < -0.4 is 0 Å². The van der Waals surface area contributed by atoms with Gasteiger partial charge >= 0.3 is 11.9 Å². The Labute approximate surface area is 134 Å². The fraction of sp³-hybridized carbons (Fsp3) is 0.231. The molecular weight excluding hydrogens is 337 g/mol. The lowest BCUT2D eigenvalue weighted by Crippen LogP contribution is -2.41. The van der Waals surface area contributed by atoms with Crippen molar-refractivity contribution in [2.24, 2.45) is 0 Å². The van der Waals surface area contributed by atoms with Gasteiger partial charge < -0.3 is 9.47 Å². The average molecular weight is 346 g/mol. The van der Waals surface area contributed by atoms with Gasteiger partial charge in [-0.15, -0.1) is 0 Å². The second kappa shape index (κ2) is 5.58. The fourth-order valence-electron chi connectivity index (χ4n) is 1.74. The predicted octanol–water partition coefficient (Wildman–Crippen LogP) is 3.12. The summed E-state index contributed by atoms with van der Waals surface area (Å²) in [6.45, 7) is 2.82. The van der Waals surface area contributed by atoms with E-state index in [1.54, 1.807) is 0 Å². The molecule has 1 heterocycles. The van der Waals surface area contributed by atoms with Gasteiger partial charge in [0.15, 0.2) is 0 Å². The fourth-order valence-corrected chi connectivity index (χ4v) is 2.32. The van der Waals surface area contributed by atoms with E-state index in [9.17, 15) is 19.7 Å². The summed E-state index contributed by atoms with van der Waals surface area (Å²) in [5, 5.41) is 10.5. The first-order valence-electron chi connectivity index (χ1n) is 5.92. The second-order valence-corrected chi connectivity index (χ2v) is 5.63. The third kappa shape index (κ3) is 3.20. The van der Waals surface area contributed by atoms with Crippen LogP contribution in [0.15, 0.2) is 17.7 Å². The summed E-state index contributed by atoms with van der Waals surface area (Å²) in [6.07, 6.45) is 1.08. The van der Waals surface area contributed by atoms with Gasteiger partial charge in [-0.2, -0.15) is 0 Å². The zero-order valence-electron chi connectivity index (χ0n) is 11.4. The number of benzene rings is 1. The number of ether oxygens (including phenoxy) is 2. The normalized spacial score (nSPS) is 16.8. The molecule has 1 aromatic rings. The van der Waals surface area contributed by atoms with Crippen LogP contribution in [0.25, 0.3) is 6.08 Å². The monoisotopic (exact) mass is 345 g/mol. The van der Waals surface area contributed by atoms with Gasteiger partial charge in [-0.3, -0.25) is 10.1 Å². The molecule has 1 aliphatic rings. The number of nitro groups is 1. The van der Waals surface area contributed by atoms with Gasteiger partial charge in [-0.05, 0) is 6.08 Å². The molecule has 2 rings (SSSR count). The van der Waals surface area contributed by atoms with Crippen LogP contribution in [0.2, 0.25) is 10.0 Å². The number of esters is 2. The number of non-ortho nitro benzene ring substituents is 1. The molecular formula is C13H9Cl2NO6. The molecule has 7 nitrogen and oxygen atoms in total. The van der Waals surface area contributed by atoms with Crippen molar-refractivity contribution >= 4 is 46.9 Å². The van der Waals surface area contributed by atoms with Crippen molar-refractivity contribution in [2.75, 3.05) is 0 Å². The topological polar surface area (TPSA) is 95.7 Å². The summed E-state index contributed by atoms with van der Waals surface area (Å²) in [6, 6.07) is 2.12. The lowest BCUT2D eigenvalue weighted by molar-refractivity contribution is -0.384. The van der Waals surface area contributed by atoms with Gasteiger partial charge in [-0.25, -0.2) is 9.59 Å². The molecule has 116 valence electrons. The quantitative estimate of drug-likeness (QED) is 0.268. The number of halogens is 2. The number of cyclic esters (lactones) is 2. The number of hydrogen-bond acceptors (Lipinski definition) is 6. The smallest absolute Gasteiger partial charge is 0.348 e. The molecule has 22 heavy (non-hydrogen) atoms. The largest absolute Gasteiger partial charge is 0.419 e. The van der Waals surface area contributed by atoms with Crippen LogP contribution in [-0.4, -0.2) is 22.6 Å². The Morgan fingerprint density at radius 2 is 1.59 bits per heavy atom. The highest BCUT2D eigenvalue weighted by atomic mass is 35.5. The number of hydrogen-bond donors (Lipinski definition) is 0. The molecule has 9 heteroatoms. The Morgan fingerprint density at radius 1 is 1.14 bits per heavy atom. The maximum Gasteiger partial charge on any atom is 0.348 e. The van der Waals surface area contributed by atoms with E-state index >= 15 is 0 Å². The molecule has 0 saturated carbocycles. The molecule has 1 aromatic carbocycles. The first-order valence-corrected chi connectivity index (χ1v) is 6.68. The van der Waals surface area contributed by atoms with E-state index in [0.29, 0.717) is 0 Å². The van der Waals surface area contributed by atoms with Crippen LogP contribution in [0.5, 0.6) is 0 Å². The zero-order valence-corrected chi connectivity index (χ0v) is 12.9. The van der Waals surface area contributed by atoms with Crippen molar-refractivity contribution in [3.05, 3.63) is 43.4 Å². The highest BCUT2D eigenvalue weighted by Gasteiger charge is 2.39. The number of carbonyl (C=O) groups excluding carboxylic acids is 2. The van der Waals surface area contributed by atoms with E-state index in [0.717, 1.165) is 18.2 Å². The van der Waals surface area contributed by atoms with Crippen LogP contribution >= 0.6 is 23.2 Å². The van der Waals surface area contributed by atoms with Crippen molar-refractivity contribution in [1.82, 2.24) is 0 Å². The Kier molecular flexibility index (Phi) is 4.12. The third-order valence-electron chi connectivity index (χ3n) is 2.68. The van der Waals surface area contributed by atoms with Crippen LogP contribution in [-0.2, 0) is 19.1 Å². The summed E-state index contributed by atoms with van der Waals surface area (Å²) in [4.78, 5) is 33.7. The maximum atomic E-state index is 11.8. The molecule has 0 radical (unpaired) electrons. The second-order valence-electron chi connectivity index (χ2n) is 4.82. The minimum absolute atomic E-state index is 0.0811.